The Bertz CT molecular complexity index is 781. The van der Waals surface area contributed by atoms with E-state index >= 15 is 0 Å². The predicted molar refractivity (Wildman–Crippen MR) is 99.3 cm³/mol. The zero-order chi connectivity index (χ0) is 17.7. The van der Waals surface area contributed by atoms with E-state index in [9.17, 15) is 8.42 Å². The molecule has 2 aromatic rings. The van der Waals surface area contributed by atoms with Crippen LogP contribution in [0.1, 0.15) is 5.56 Å². The van der Waals surface area contributed by atoms with Crippen molar-refractivity contribution in [3.63, 3.8) is 0 Å². The maximum absolute atomic E-state index is 12.4. The lowest BCUT2D eigenvalue weighted by molar-refractivity contribution is 0.368. The number of nitrogens with one attached hydrogen (secondary N) is 1. The summed E-state index contributed by atoms with van der Waals surface area (Å²) in [5, 5.41) is 0. The van der Waals surface area contributed by atoms with Crippen molar-refractivity contribution >= 4 is 32.6 Å². The van der Waals surface area contributed by atoms with Crippen molar-refractivity contribution in [2.45, 2.75) is 11.4 Å². The molecule has 0 saturated heterocycles. The largest absolute Gasteiger partial charge is 0.496 e. The minimum Gasteiger partial charge on any atom is -0.496 e. The van der Waals surface area contributed by atoms with E-state index in [0.29, 0.717) is 22.8 Å². The molecule has 0 saturated carbocycles. The molecule has 0 fully saturated rings. The van der Waals surface area contributed by atoms with Crippen molar-refractivity contribution in [2.75, 3.05) is 21.3 Å². The standard InChI is InChI=1S/C16H18INO5S/c1-21-12-8-15(22-2)14(16(9-12)23-3)10-18-24(19,20)13-6-4-11(17)5-7-13/h4-9,18H,10H2,1-3H3. The number of hydrogen-bond acceptors (Lipinski definition) is 5. The van der Waals surface area contributed by atoms with Crippen LogP contribution in [0.25, 0.3) is 0 Å². The summed E-state index contributed by atoms with van der Waals surface area (Å²) in [6.07, 6.45) is 0. The van der Waals surface area contributed by atoms with Crippen molar-refractivity contribution in [3.8, 4) is 17.2 Å². The lowest BCUT2D eigenvalue weighted by Gasteiger charge is -2.15. The SMILES string of the molecule is COc1cc(OC)c(CNS(=O)(=O)c2ccc(I)cc2)c(OC)c1. The molecule has 6 nitrogen and oxygen atoms in total. The Morgan fingerprint density at radius 2 is 1.50 bits per heavy atom. The Kier molecular flexibility index (Phi) is 6.30. The molecular weight excluding hydrogens is 445 g/mol. The molecule has 0 aliphatic carbocycles. The summed E-state index contributed by atoms with van der Waals surface area (Å²) in [6, 6.07) is 9.96. The van der Waals surface area contributed by atoms with Gasteiger partial charge in [0.05, 0.1) is 31.8 Å². The van der Waals surface area contributed by atoms with Gasteiger partial charge >= 0.3 is 0 Å². The van der Waals surface area contributed by atoms with E-state index in [0.717, 1.165) is 3.57 Å². The summed E-state index contributed by atoms with van der Waals surface area (Å²) in [4.78, 5) is 0.203. The molecule has 0 amide bonds. The molecule has 0 aromatic heterocycles. The van der Waals surface area contributed by atoms with Gasteiger partial charge in [-0.15, -0.1) is 0 Å². The summed E-state index contributed by atoms with van der Waals surface area (Å²) in [7, 11) is 0.909. The van der Waals surface area contributed by atoms with E-state index in [4.69, 9.17) is 14.2 Å². The number of methoxy groups -OCH3 is 3. The van der Waals surface area contributed by atoms with Crippen LogP contribution >= 0.6 is 22.6 Å². The third-order valence-electron chi connectivity index (χ3n) is 3.38. The fourth-order valence-corrected chi connectivity index (χ4v) is 3.47. The van der Waals surface area contributed by atoms with E-state index in [1.54, 1.807) is 36.4 Å². The maximum atomic E-state index is 12.4. The molecule has 130 valence electrons. The highest BCUT2D eigenvalue weighted by Gasteiger charge is 2.18. The number of halogens is 1. The third kappa shape index (κ3) is 4.31. The van der Waals surface area contributed by atoms with Crippen LogP contribution < -0.4 is 18.9 Å². The number of hydrogen-bond donors (Lipinski definition) is 1. The normalized spacial score (nSPS) is 11.2. The summed E-state index contributed by atoms with van der Waals surface area (Å²) < 4.78 is 44.2. The van der Waals surface area contributed by atoms with Gasteiger partial charge in [-0.1, -0.05) is 0 Å². The first-order chi connectivity index (χ1) is 11.4. The average molecular weight is 463 g/mol. The first-order valence-corrected chi connectivity index (χ1v) is 9.51. The van der Waals surface area contributed by atoms with E-state index in [-0.39, 0.29) is 11.4 Å². The Morgan fingerprint density at radius 3 is 1.96 bits per heavy atom. The lowest BCUT2D eigenvalue weighted by atomic mass is 10.1. The molecule has 0 atom stereocenters. The molecule has 0 bridgehead atoms. The summed E-state index contributed by atoms with van der Waals surface area (Å²) in [5.74, 6) is 1.53. The fourth-order valence-electron chi connectivity index (χ4n) is 2.12. The second-order valence-corrected chi connectivity index (χ2v) is 7.80. The number of rotatable bonds is 7. The van der Waals surface area contributed by atoms with Crippen molar-refractivity contribution < 1.29 is 22.6 Å². The molecule has 0 unspecified atom stereocenters. The predicted octanol–water partition coefficient (Wildman–Crippen LogP) is 2.80. The van der Waals surface area contributed by atoms with Gasteiger partial charge in [-0.3, -0.25) is 0 Å². The van der Waals surface area contributed by atoms with E-state index in [1.807, 2.05) is 0 Å². The molecule has 0 heterocycles. The van der Waals surface area contributed by atoms with Crippen LogP contribution in [-0.2, 0) is 16.6 Å². The van der Waals surface area contributed by atoms with Crippen molar-refractivity contribution in [1.29, 1.82) is 0 Å². The summed E-state index contributed by atoms with van der Waals surface area (Å²) in [5.41, 5.74) is 0.592. The Hall–Kier alpha value is -1.52. The van der Waals surface area contributed by atoms with Crippen molar-refractivity contribution in [3.05, 3.63) is 45.5 Å². The highest BCUT2D eigenvalue weighted by atomic mass is 127. The van der Waals surface area contributed by atoms with E-state index in [1.165, 1.54) is 21.3 Å². The van der Waals surface area contributed by atoms with Gasteiger partial charge in [0.25, 0.3) is 0 Å². The van der Waals surface area contributed by atoms with Crippen LogP contribution in [0, 0.1) is 3.57 Å². The zero-order valence-corrected chi connectivity index (χ0v) is 16.5. The first-order valence-electron chi connectivity index (χ1n) is 6.95. The molecule has 1 N–H and O–H groups in total. The van der Waals surface area contributed by atoms with Crippen LogP contribution in [0.3, 0.4) is 0 Å². The maximum Gasteiger partial charge on any atom is 0.240 e. The quantitative estimate of drug-likeness (QED) is 0.640. The number of benzene rings is 2. The average Bonchev–Trinajstić information content (AvgIpc) is 2.59. The highest BCUT2D eigenvalue weighted by molar-refractivity contribution is 14.1. The van der Waals surface area contributed by atoms with Crippen molar-refractivity contribution in [2.24, 2.45) is 0 Å². The van der Waals surface area contributed by atoms with Gasteiger partial charge in [0.1, 0.15) is 17.2 Å². The summed E-state index contributed by atoms with van der Waals surface area (Å²) >= 11 is 2.12. The van der Waals surface area contributed by atoms with E-state index in [2.05, 4.69) is 27.3 Å². The van der Waals surface area contributed by atoms with Gasteiger partial charge in [0.2, 0.25) is 10.0 Å². The fraction of sp³-hybridized carbons (Fsp3) is 0.250. The molecule has 0 spiro atoms. The zero-order valence-electron chi connectivity index (χ0n) is 13.5. The summed E-state index contributed by atoms with van der Waals surface area (Å²) in [6.45, 7) is 0.0324. The molecular formula is C16H18INO5S. The molecule has 24 heavy (non-hydrogen) atoms. The smallest absolute Gasteiger partial charge is 0.240 e. The topological polar surface area (TPSA) is 73.9 Å². The van der Waals surface area contributed by atoms with Crippen LogP contribution in [0.5, 0.6) is 17.2 Å². The van der Waals surface area contributed by atoms with Gasteiger partial charge in [-0.2, -0.15) is 0 Å². The first kappa shape index (κ1) is 18.8. The Morgan fingerprint density at radius 1 is 0.958 bits per heavy atom. The van der Waals surface area contributed by atoms with Gasteiger partial charge in [0.15, 0.2) is 0 Å². The van der Waals surface area contributed by atoms with Gasteiger partial charge in [0, 0.05) is 22.2 Å². The van der Waals surface area contributed by atoms with Crippen LogP contribution in [-0.4, -0.2) is 29.7 Å². The monoisotopic (exact) mass is 463 g/mol. The van der Waals surface area contributed by atoms with Gasteiger partial charge in [-0.25, -0.2) is 13.1 Å². The molecule has 0 aliphatic heterocycles. The van der Waals surface area contributed by atoms with Gasteiger partial charge < -0.3 is 14.2 Å². The second-order valence-electron chi connectivity index (χ2n) is 4.79. The minimum absolute atomic E-state index is 0.0324. The van der Waals surface area contributed by atoms with Crippen LogP contribution in [0.2, 0.25) is 0 Å². The van der Waals surface area contributed by atoms with Crippen molar-refractivity contribution in [1.82, 2.24) is 4.72 Å². The molecule has 2 rings (SSSR count). The molecule has 8 heteroatoms. The molecule has 0 radical (unpaired) electrons. The third-order valence-corrected chi connectivity index (χ3v) is 5.52. The molecule has 0 aliphatic rings. The van der Waals surface area contributed by atoms with Gasteiger partial charge in [-0.05, 0) is 46.9 Å². The van der Waals surface area contributed by atoms with Crippen LogP contribution in [0.15, 0.2) is 41.3 Å². The Labute approximate surface area is 155 Å². The van der Waals surface area contributed by atoms with Crippen LogP contribution in [0.4, 0.5) is 0 Å². The highest BCUT2D eigenvalue weighted by Crippen LogP contribution is 2.34. The molecule has 2 aromatic carbocycles. The minimum atomic E-state index is -3.64. The lowest BCUT2D eigenvalue weighted by Crippen LogP contribution is -2.23. The Balaban J connectivity index is 2.29. The van der Waals surface area contributed by atoms with E-state index < -0.39 is 10.0 Å². The number of sulfonamides is 1. The second kappa shape index (κ2) is 8.04. The number of ether oxygens (including phenoxy) is 3.